The lowest BCUT2D eigenvalue weighted by atomic mass is 10.1. The number of benzene rings is 1. The van der Waals surface area contributed by atoms with Gasteiger partial charge >= 0.3 is 0 Å². The molecule has 5 nitrogen and oxygen atoms in total. The summed E-state index contributed by atoms with van der Waals surface area (Å²) < 4.78 is 0. The van der Waals surface area contributed by atoms with Crippen LogP contribution >= 0.6 is 0 Å². The van der Waals surface area contributed by atoms with Crippen molar-refractivity contribution < 1.29 is 9.59 Å². The molecule has 4 N–H and O–H groups in total. The van der Waals surface area contributed by atoms with Gasteiger partial charge in [0.25, 0.3) is 5.91 Å². The summed E-state index contributed by atoms with van der Waals surface area (Å²) in [6.45, 7) is 1.72. The third-order valence-corrected chi connectivity index (χ3v) is 2.80. The lowest BCUT2D eigenvalue weighted by Gasteiger charge is -2.11. The van der Waals surface area contributed by atoms with E-state index in [-0.39, 0.29) is 11.9 Å². The largest absolute Gasteiger partial charge is 0.366 e. The quantitative estimate of drug-likeness (QED) is 0.680. The van der Waals surface area contributed by atoms with Crippen LogP contribution < -0.4 is 16.4 Å². The Bertz CT molecular complexity index is 439. The Morgan fingerprint density at radius 2 is 2.12 bits per heavy atom. The average Bonchev–Trinajstić information content (AvgIpc) is 2.82. The van der Waals surface area contributed by atoms with Crippen LogP contribution in [0.4, 0.5) is 0 Å². The molecule has 17 heavy (non-hydrogen) atoms. The number of hydrogen-bond acceptors (Lipinski definition) is 3. The number of nitrogens with two attached hydrogens (primary N) is 1. The van der Waals surface area contributed by atoms with Gasteiger partial charge in [0.2, 0.25) is 5.91 Å². The molecule has 0 aromatic heterocycles. The first-order valence-electron chi connectivity index (χ1n) is 5.58. The van der Waals surface area contributed by atoms with Crippen molar-refractivity contribution in [3.8, 4) is 0 Å². The van der Waals surface area contributed by atoms with Gasteiger partial charge in [-0.2, -0.15) is 0 Å². The SMILES string of the molecule is NC(=O)c1cccc(C(=O)NC2CCNC2)c1. The average molecular weight is 233 g/mol. The smallest absolute Gasteiger partial charge is 0.251 e. The summed E-state index contributed by atoms with van der Waals surface area (Å²) >= 11 is 0. The lowest BCUT2D eigenvalue weighted by Crippen LogP contribution is -2.36. The van der Waals surface area contributed by atoms with E-state index < -0.39 is 5.91 Å². The molecule has 1 heterocycles. The van der Waals surface area contributed by atoms with Crippen LogP contribution in [0.15, 0.2) is 24.3 Å². The van der Waals surface area contributed by atoms with Gasteiger partial charge in [0.1, 0.15) is 0 Å². The maximum absolute atomic E-state index is 11.9. The van der Waals surface area contributed by atoms with Crippen molar-refractivity contribution in [3.05, 3.63) is 35.4 Å². The van der Waals surface area contributed by atoms with E-state index >= 15 is 0 Å². The summed E-state index contributed by atoms with van der Waals surface area (Å²) in [7, 11) is 0. The maximum atomic E-state index is 11.9. The van der Waals surface area contributed by atoms with E-state index in [2.05, 4.69) is 10.6 Å². The molecule has 0 spiro atoms. The van der Waals surface area contributed by atoms with Crippen LogP contribution in [-0.2, 0) is 0 Å². The summed E-state index contributed by atoms with van der Waals surface area (Å²) in [5.74, 6) is -0.691. The van der Waals surface area contributed by atoms with E-state index in [1.54, 1.807) is 18.2 Å². The molecular weight excluding hydrogens is 218 g/mol. The normalized spacial score (nSPS) is 18.9. The highest BCUT2D eigenvalue weighted by molar-refractivity contribution is 5.99. The number of hydrogen-bond donors (Lipinski definition) is 3. The predicted molar refractivity (Wildman–Crippen MR) is 63.7 cm³/mol. The van der Waals surface area contributed by atoms with Crippen molar-refractivity contribution in [2.45, 2.75) is 12.5 Å². The second kappa shape index (κ2) is 4.97. The van der Waals surface area contributed by atoms with Crippen molar-refractivity contribution >= 4 is 11.8 Å². The molecule has 90 valence electrons. The van der Waals surface area contributed by atoms with Crippen LogP contribution in [-0.4, -0.2) is 30.9 Å². The van der Waals surface area contributed by atoms with E-state index in [0.717, 1.165) is 19.5 Å². The van der Waals surface area contributed by atoms with E-state index in [9.17, 15) is 9.59 Å². The van der Waals surface area contributed by atoms with E-state index in [1.807, 2.05) is 0 Å². The van der Waals surface area contributed by atoms with Gasteiger partial charge < -0.3 is 16.4 Å². The Kier molecular flexibility index (Phi) is 3.39. The van der Waals surface area contributed by atoms with Crippen LogP contribution in [0.3, 0.4) is 0 Å². The Morgan fingerprint density at radius 3 is 2.76 bits per heavy atom. The van der Waals surface area contributed by atoms with Crippen LogP contribution in [0.2, 0.25) is 0 Å². The van der Waals surface area contributed by atoms with Gasteiger partial charge in [-0.25, -0.2) is 0 Å². The molecule has 1 aromatic rings. The molecule has 0 saturated carbocycles. The molecular formula is C12H15N3O2. The molecule has 1 aliphatic heterocycles. The minimum Gasteiger partial charge on any atom is -0.366 e. The molecule has 2 rings (SSSR count). The first-order valence-corrected chi connectivity index (χ1v) is 5.58. The highest BCUT2D eigenvalue weighted by Gasteiger charge is 2.17. The number of carbonyl (C=O) groups excluding carboxylic acids is 2. The minimum atomic E-state index is -0.526. The van der Waals surface area contributed by atoms with E-state index in [1.165, 1.54) is 6.07 Å². The van der Waals surface area contributed by atoms with Crippen LogP contribution in [0.5, 0.6) is 0 Å². The molecule has 1 unspecified atom stereocenters. The van der Waals surface area contributed by atoms with Gasteiger partial charge in [0, 0.05) is 23.7 Å². The molecule has 0 bridgehead atoms. The second-order valence-electron chi connectivity index (χ2n) is 4.11. The van der Waals surface area contributed by atoms with Crippen LogP contribution in [0, 0.1) is 0 Å². The molecule has 5 heteroatoms. The zero-order valence-corrected chi connectivity index (χ0v) is 9.40. The van der Waals surface area contributed by atoms with Gasteiger partial charge in [-0.1, -0.05) is 6.07 Å². The third-order valence-electron chi connectivity index (χ3n) is 2.80. The monoisotopic (exact) mass is 233 g/mol. The minimum absolute atomic E-state index is 0.165. The first-order chi connectivity index (χ1) is 8.16. The van der Waals surface area contributed by atoms with E-state index in [0.29, 0.717) is 11.1 Å². The topological polar surface area (TPSA) is 84.2 Å². The highest BCUT2D eigenvalue weighted by atomic mass is 16.2. The fourth-order valence-electron chi connectivity index (χ4n) is 1.86. The molecule has 1 aromatic carbocycles. The standard InChI is InChI=1S/C12H15N3O2/c13-11(16)8-2-1-3-9(6-8)12(17)15-10-4-5-14-7-10/h1-3,6,10,14H,4-5,7H2,(H2,13,16)(H,15,17). The van der Waals surface area contributed by atoms with Gasteiger partial charge in [-0.3, -0.25) is 9.59 Å². The van der Waals surface area contributed by atoms with Crippen molar-refractivity contribution in [3.63, 3.8) is 0 Å². The maximum Gasteiger partial charge on any atom is 0.251 e. The predicted octanol–water partition coefficient (Wildman–Crippen LogP) is -0.123. The van der Waals surface area contributed by atoms with Gasteiger partial charge in [0.15, 0.2) is 0 Å². The van der Waals surface area contributed by atoms with Gasteiger partial charge in [-0.15, -0.1) is 0 Å². The molecule has 2 amide bonds. The van der Waals surface area contributed by atoms with Crippen molar-refractivity contribution in [1.82, 2.24) is 10.6 Å². The fraction of sp³-hybridized carbons (Fsp3) is 0.333. The van der Waals surface area contributed by atoms with Gasteiger partial charge in [0.05, 0.1) is 0 Å². The molecule has 0 aliphatic carbocycles. The number of carbonyl (C=O) groups is 2. The fourth-order valence-corrected chi connectivity index (χ4v) is 1.86. The number of rotatable bonds is 3. The molecule has 1 aliphatic rings. The Labute approximate surface area is 99.4 Å². The molecule has 1 atom stereocenters. The van der Waals surface area contributed by atoms with E-state index in [4.69, 9.17) is 5.73 Å². The number of nitrogens with one attached hydrogen (secondary N) is 2. The molecule has 0 radical (unpaired) electrons. The molecule has 1 saturated heterocycles. The molecule has 1 fully saturated rings. The summed E-state index contributed by atoms with van der Waals surface area (Å²) in [5, 5.41) is 6.08. The second-order valence-corrected chi connectivity index (χ2v) is 4.11. The summed E-state index contributed by atoms with van der Waals surface area (Å²) in [5.41, 5.74) is 5.98. The third kappa shape index (κ3) is 2.82. The van der Waals surface area contributed by atoms with Crippen LogP contribution in [0.1, 0.15) is 27.1 Å². The Balaban J connectivity index is 2.07. The van der Waals surface area contributed by atoms with Crippen molar-refractivity contribution in [1.29, 1.82) is 0 Å². The summed E-state index contributed by atoms with van der Waals surface area (Å²) in [6.07, 6.45) is 0.932. The van der Waals surface area contributed by atoms with Crippen molar-refractivity contribution in [2.75, 3.05) is 13.1 Å². The number of amides is 2. The Morgan fingerprint density at radius 1 is 1.35 bits per heavy atom. The zero-order valence-electron chi connectivity index (χ0n) is 9.40. The highest BCUT2D eigenvalue weighted by Crippen LogP contribution is 2.06. The Hall–Kier alpha value is -1.88. The summed E-state index contributed by atoms with van der Waals surface area (Å²) in [4.78, 5) is 22.9. The first kappa shape index (κ1) is 11.6. The number of primary amides is 1. The zero-order chi connectivity index (χ0) is 12.3. The van der Waals surface area contributed by atoms with Crippen molar-refractivity contribution in [2.24, 2.45) is 5.73 Å². The summed E-state index contributed by atoms with van der Waals surface area (Å²) in [6, 6.07) is 6.60. The lowest BCUT2D eigenvalue weighted by molar-refractivity contribution is 0.0940. The van der Waals surface area contributed by atoms with Crippen LogP contribution in [0.25, 0.3) is 0 Å². The van der Waals surface area contributed by atoms with Gasteiger partial charge in [-0.05, 0) is 31.2 Å².